The summed E-state index contributed by atoms with van der Waals surface area (Å²) in [6, 6.07) is 8.73. The van der Waals surface area contributed by atoms with Crippen molar-refractivity contribution in [2.75, 3.05) is 0 Å². The zero-order valence-electron chi connectivity index (χ0n) is 13.5. The fourth-order valence-electron chi connectivity index (χ4n) is 2.41. The zero-order chi connectivity index (χ0) is 17.8. The third-order valence-corrected chi connectivity index (χ3v) is 3.76. The van der Waals surface area contributed by atoms with Crippen LogP contribution in [0.2, 0.25) is 0 Å². The molecule has 0 fully saturated rings. The van der Waals surface area contributed by atoms with Gasteiger partial charge in [0.25, 0.3) is 0 Å². The standard InChI is InChI=1S/C18H16F2N4O/c1-24-17(6-7-23-24)16-5-2-12(10-21-16)11-22-18(25)8-13-3-4-14(19)9-15(13)20/h2-7,9-10H,8,11H2,1H3,(H,22,25). The third-order valence-electron chi connectivity index (χ3n) is 3.76. The Bertz CT molecular complexity index is 890. The van der Waals surface area contributed by atoms with Crippen LogP contribution in [0.1, 0.15) is 11.1 Å². The number of pyridine rings is 1. The van der Waals surface area contributed by atoms with Crippen LogP contribution in [0.4, 0.5) is 8.78 Å². The van der Waals surface area contributed by atoms with E-state index in [-0.39, 0.29) is 24.4 Å². The highest BCUT2D eigenvalue weighted by molar-refractivity contribution is 5.78. The first-order valence-electron chi connectivity index (χ1n) is 7.67. The van der Waals surface area contributed by atoms with Crippen LogP contribution in [0.3, 0.4) is 0 Å². The van der Waals surface area contributed by atoms with Gasteiger partial charge in [-0.25, -0.2) is 8.78 Å². The average molecular weight is 342 g/mol. The normalized spacial score (nSPS) is 10.7. The van der Waals surface area contributed by atoms with E-state index in [9.17, 15) is 13.6 Å². The van der Waals surface area contributed by atoms with Crippen LogP contribution in [0.5, 0.6) is 0 Å². The molecule has 1 aromatic carbocycles. The molecule has 0 spiro atoms. The van der Waals surface area contributed by atoms with E-state index >= 15 is 0 Å². The van der Waals surface area contributed by atoms with Gasteiger partial charge in [0.1, 0.15) is 11.6 Å². The third kappa shape index (κ3) is 4.06. The number of carbonyl (C=O) groups excluding carboxylic acids is 1. The molecular formula is C18H16F2N4O. The fourth-order valence-corrected chi connectivity index (χ4v) is 2.41. The topological polar surface area (TPSA) is 59.8 Å². The van der Waals surface area contributed by atoms with Crippen molar-refractivity contribution in [1.82, 2.24) is 20.1 Å². The summed E-state index contributed by atoms with van der Waals surface area (Å²) in [5.41, 5.74) is 2.65. The summed E-state index contributed by atoms with van der Waals surface area (Å²) in [5, 5.41) is 6.79. The lowest BCUT2D eigenvalue weighted by atomic mass is 10.1. The molecule has 7 heteroatoms. The maximum Gasteiger partial charge on any atom is 0.224 e. The van der Waals surface area contributed by atoms with Gasteiger partial charge < -0.3 is 5.32 Å². The molecular weight excluding hydrogens is 326 g/mol. The van der Waals surface area contributed by atoms with Crippen LogP contribution in [-0.2, 0) is 24.8 Å². The molecule has 0 aliphatic carbocycles. The summed E-state index contributed by atoms with van der Waals surface area (Å²) in [6.45, 7) is 0.278. The molecule has 128 valence electrons. The highest BCUT2D eigenvalue weighted by atomic mass is 19.1. The lowest BCUT2D eigenvalue weighted by Crippen LogP contribution is -2.25. The van der Waals surface area contributed by atoms with Gasteiger partial charge in [0.15, 0.2) is 0 Å². The van der Waals surface area contributed by atoms with Gasteiger partial charge in [-0.1, -0.05) is 12.1 Å². The maximum absolute atomic E-state index is 13.5. The average Bonchev–Trinajstić information content (AvgIpc) is 3.02. The molecule has 1 N–H and O–H groups in total. The first-order chi connectivity index (χ1) is 12.0. The monoisotopic (exact) mass is 342 g/mol. The van der Waals surface area contributed by atoms with Crippen molar-refractivity contribution in [3.63, 3.8) is 0 Å². The number of carbonyl (C=O) groups is 1. The second kappa shape index (κ2) is 7.21. The van der Waals surface area contributed by atoms with Crippen LogP contribution in [0, 0.1) is 11.6 Å². The number of halogens is 2. The Kier molecular flexibility index (Phi) is 4.83. The van der Waals surface area contributed by atoms with Crippen LogP contribution < -0.4 is 5.32 Å². The molecule has 0 aliphatic rings. The van der Waals surface area contributed by atoms with Gasteiger partial charge in [-0.2, -0.15) is 5.10 Å². The first kappa shape index (κ1) is 16.8. The predicted molar refractivity (Wildman–Crippen MR) is 88.3 cm³/mol. The summed E-state index contributed by atoms with van der Waals surface area (Å²) in [4.78, 5) is 16.3. The molecule has 2 heterocycles. The summed E-state index contributed by atoms with van der Waals surface area (Å²) >= 11 is 0. The van der Waals surface area contributed by atoms with Gasteiger partial charge in [0.2, 0.25) is 5.91 Å². The highest BCUT2D eigenvalue weighted by Gasteiger charge is 2.09. The smallest absolute Gasteiger partial charge is 0.224 e. The molecule has 25 heavy (non-hydrogen) atoms. The predicted octanol–water partition coefficient (Wildman–Crippen LogP) is 2.62. The van der Waals surface area contributed by atoms with Gasteiger partial charge >= 0.3 is 0 Å². The Hall–Kier alpha value is -3.09. The second-order valence-electron chi connectivity index (χ2n) is 5.58. The molecule has 3 rings (SSSR count). The Balaban J connectivity index is 1.58. The number of benzene rings is 1. The highest BCUT2D eigenvalue weighted by Crippen LogP contribution is 2.15. The Labute approximate surface area is 143 Å². The number of nitrogens with one attached hydrogen (secondary N) is 1. The summed E-state index contributed by atoms with van der Waals surface area (Å²) in [7, 11) is 1.83. The molecule has 1 amide bonds. The van der Waals surface area contributed by atoms with Gasteiger partial charge in [-0.3, -0.25) is 14.5 Å². The number of aryl methyl sites for hydroxylation is 1. The van der Waals surface area contributed by atoms with Gasteiger partial charge in [-0.15, -0.1) is 0 Å². The van der Waals surface area contributed by atoms with Crippen molar-refractivity contribution < 1.29 is 13.6 Å². The largest absolute Gasteiger partial charge is 0.352 e. The number of amides is 1. The van der Waals surface area contributed by atoms with Crippen molar-refractivity contribution in [2.45, 2.75) is 13.0 Å². The minimum atomic E-state index is -0.725. The first-order valence-corrected chi connectivity index (χ1v) is 7.67. The molecule has 0 saturated carbocycles. The number of nitrogens with zero attached hydrogens (tertiary/aromatic N) is 3. The fraction of sp³-hybridized carbons (Fsp3) is 0.167. The van der Waals surface area contributed by atoms with Crippen LogP contribution in [-0.4, -0.2) is 20.7 Å². The van der Waals surface area contributed by atoms with Crippen LogP contribution in [0.15, 0.2) is 48.8 Å². The van der Waals surface area contributed by atoms with Gasteiger partial charge in [0, 0.05) is 32.1 Å². The van der Waals surface area contributed by atoms with E-state index < -0.39 is 11.6 Å². The molecule has 3 aromatic rings. The Morgan fingerprint density at radius 3 is 2.68 bits per heavy atom. The van der Waals surface area contributed by atoms with Crippen molar-refractivity contribution in [2.24, 2.45) is 7.05 Å². The Morgan fingerprint density at radius 2 is 2.04 bits per heavy atom. The Morgan fingerprint density at radius 1 is 1.20 bits per heavy atom. The lowest BCUT2D eigenvalue weighted by Gasteiger charge is -2.07. The summed E-state index contributed by atoms with van der Waals surface area (Å²) in [6.07, 6.45) is 3.22. The quantitative estimate of drug-likeness (QED) is 0.775. The minimum absolute atomic E-state index is 0.146. The van der Waals surface area contributed by atoms with Crippen molar-refractivity contribution in [1.29, 1.82) is 0 Å². The number of aromatic nitrogens is 3. The molecule has 0 bridgehead atoms. The van der Waals surface area contributed by atoms with Gasteiger partial charge in [-0.05, 0) is 29.3 Å². The van der Waals surface area contributed by atoms with E-state index in [1.54, 1.807) is 17.1 Å². The summed E-state index contributed by atoms with van der Waals surface area (Å²) < 4.78 is 28.1. The van der Waals surface area contributed by atoms with Crippen molar-refractivity contribution in [3.05, 3.63) is 71.6 Å². The van der Waals surface area contributed by atoms with E-state index in [0.29, 0.717) is 0 Å². The number of hydrogen-bond acceptors (Lipinski definition) is 3. The minimum Gasteiger partial charge on any atom is -0.352 e. The zero-order valence-corrected chi connectivity index (χ0v) is 13.5. The maximum atomic E-state index is 13.5. The molecule has 0 radical (unpaired) electrons. The molecule has 0 unspecified atom stereocenters. The van der Waals surface area contributed by atoms with E-state index in [1.807, 2.05) is 25.2 Å². The van der Waals surface area contributed by atoms with Crippen LogP contribution in [0.25, 0.3) is 11.4 Å². The second-order valence-corrected chi connectivity index (χ2v) is 5.58. The molecule has 0 saturated heterocycles. The van der Waals surface area contributed by atoms with E-state index in [2.05, 4.69) is 15.4 Å². The van der Waals surface area contributed by atoms with Crippen molar-refractivity contribution >= 4 is 5.91 Å². The van der Waals surface area contributed by atoms with E-state index in [4.69, 9.17) is 0 Å². The summed E-state index contributed by atoms with van der Waals surface area (Å²) in [5.74, 6) is -1.74. The molecule has 0 atom stereocenters. The number of rotatable bonds is 5. The molecule has 0 aliphatic heterocycles. The SMILES string of the molecule is Cn1nccc1-c1ccc(CNC(=O)Cc2ccc(F)cc2F)cn1. The van der Waals surface area contributed by atoms with Crippen molar-refractivity contribution in [3.8, 4) is 11.4 Å². The lowest BCUT2D eigenvalue weighted by molar-refractivity contribution is -0.120. The van der Waals surface area contributed by atoms with Crippen LogP contribution >= 0.6 is 0 Å². The molecule has 2 aromatic heterocycles. The van der Waals surface area contributed by atoms with Gasteiger partial charge in [0.05, 0.1) is 17.8 Å². The number of hydrogen-bond donors (Lipinski definition) is 1. The van der Waals surface area contributed by atoms with E-state index in [0.717, 1.165) is 29.1 Å². The molecule has 5 nitrogen and oxygen atoms in total. The van der Waals surface area contributed by atoms with E-state index in [1.165, 1.54) is 6.07 Å².